The van der Waals surface area contributed by atoms with Crippen LogP contribution in [-0.2, 0) is 21.9 Å². The third kappa shape index (κ3) is 8.14. The Bertz CT molecular complexity index is 1460. The van der Waals surface area contributed by atoms with Gasteiger partial charge in [-0.15, -0.1) is 0 Å². The molecule has 230 valence electrons. The molecule has 14 heteroatoms. The van der Waals surface area contributed by atoms with E-state index in [1.54, 1.807) is 12.1 Å². The summed E-state index contributed by atoms with van der Waals surface area (Å²) < 4.78 is 85.3. The van der Waals surface area contributed by atoms with Crippen LogP contribution in [0, 0.1) is 5.92 Å². The van der Waals surface area contributed by atoms with Crippen LogP contribution in [0.15, 0.2) is 52.9 Å². The number of carbonyl (C=O) groups is 3. The van der Waals surface area contributed by atoms with Crippen molar-refractivity contribution in [2.45, 2.75) is 56.8 Å². The Morgan fingerprint density at radius 3 is 2.16 bits per heavy atom. The van der Waals surface area contributed by atoms with E-state index in [-0.39, 0.29) is 31.2 Å². The molecule has 1 aromatic heterocycles. The lowest BCUT2D eigenvalue weighted by Crippen LogP contribution is -2.29. The van der Waals surface area contributed by atoms with Gasteiger partial charge in [0.15, 0.2) is 5.69 Å². The number of carbonyl (C=O) groups excluding carboxylic acids is 2. The van der Waals surface area contributed by atoms with Crippen LogP contribution in [0.1, 0.15) is 71.8 Å². The van der Waals surface area contributed by atoms with Crippen molar-refractivity contribution in [2.75, 3.05) is 11.9 Å². The predicted octanol–water partition coefficient (Wildman–Crippen LogP) is 6.89. The monoisotopic (exact) mass is 611 g/mol. The predicted molar refractivity (Wildman–Crippen MR) is 141 cm³/mol. The van der Waals surface area contributed by atoms with E-state index in [1.165, 1.54) is 0 Å². The first-order chi connectivity index (χ1) is 20.2. The summed E-state index contributed by atoms with van der Waals surface area (Å²) in [5.74, 6) is -5.15. The van der Waals surface area contributed by atoms with E-state index < -0.39 is 58.6 Å². The summed E-state index contributed by atoms with van der Waals surface area (Å²) in [6.45, 7) is -0.388. The van der Waals surface area contributed by atoms with Crippen molar-refractivity contribution < 1.29 is 50.2 Å². The van der Waals surface area contributed by atoms with Crippen LogP contribution in [0.25, 0.3) is 11.5 Å². The number of aromatic nitrogens is 1. The van der Waals surface area contributed by atoms with Crippen molar-refractivity contribution in [1.82, 2.24) is 10.3 Å². The van der Waals surface area contributed by atoms with Gasteiger partial charge in [0, 0.05) is 30.6 Å². The summed E-state index contributed by atoms with van der Waals surface area (Å²) in [4.78, 5) is 39.2. The topological polar surface area (TPSA) is 122 Å². The molecule has 8 nitrogen and oxygen atoms in total. The van der Waals surface area contributed by atoms with E-state index >= 15 is 0 Å². The molecule has 0 unspecified atom stereocenters. The maximum atomic E-state index is 13.6. The number of nitrogens with zero attached hydrogens (tertiary/aromatic N) is 1. The molecule has 2 amide bonds. The van der Waals surface area contributed by atoms with Crippen molar-refractivity contribution in [2.24, 2.45) is 5.92 Å². The Hall–Kier alpha value is -4.36. The van der Waals surface area contributed by atoms with Gasteiger partial charge in [0.05, 0.1) is 5.56 Å². The Balaban J connectivity index is 1.33. The molecule has 1 heterocycles. The number of alkyl halides is 6. The van der Waals surface area contributed by atoms with Crippen molar-refractivity contribution >= 4 is 23.5 Å². The number of hydrogen-bond acceptors (Lipinski definition) is 5. The number of oxazole rings is 1. The fraction of sp³-hybridized carbons (Fsp3) is 0.379. The second kappa shape index (κ2) is 12.9. The normalized spacial score (nSPS) is 17.3. The summed E-state index contributed by atoms with van der Waals surface area (Å²) in [6.07, 6.45) is -6.93. The highest BCUT2D eigenvalue weighted by molar-refractivity contribution is 5.95. The standard InChI is InChI=1S/C29H27F6N3O5/c30-28(31,32)21-4-2-1-3-20(21)27-38-24(25(43-27)29(33,34)35)26(42)36-14-13-22(39)37-19-11-9-18(10-12-19)17-7-5-16(6-8-17)15-23(40)41/h1-4,9-12,16-17H,5-8,13-15H2,(H,36,42)(H,37,39)(H,40,41). The second-order valence-electron chi connectivity index (χ2n) is 10.2. The van der Waals surface area contributed by atoms with E-state index in [9.17, 15) is 40.7 Å². The van der Waals surface area contributed by atoms with Crippen LogP contribution in [0.5, 0.6) is 0 Å². The van der Waals surface area contributed by atoms with Crippen LogP contribution < -0.4 is 10.6 Å². The number of carboxylic acids is 1. The van der Waals surface area contributed by atoms with Gasteiger partial charge >= 0.3 is 18.3 Å². The zero-order valence-electron chi connectivity index (χ0n) is 22.5. The molecule has 0 bridgehead atoms. The van der Waals surface area contributed by atoms with Crippen LogP contribution in [0.2, 0.25) is 0 Å². The number of amides is 2. The molecule has 1 aliphatic carbocycles. The molecule has 1 saturated carbocycles. The fourth-order valence-corrected chi connectivity index (χ4v) is 5.08. The Morgan fingerprint density at radius 2 is 1.56 bits per heavy atom. The van der Waals surface area contributed by atoms with Crippen LogP contribution in [0.4, 0.5) is 32.0 Å². The van der Waals surface area contributed by atoms with Gasteiger partial charge in [-0.3, -0.25) is 14.4 Å². The van der Waals surface area contributed by atoms with Crippen molar-refractivity contribution in [1.29, 1.82) is 0 Å². The minimum absolute atomic E-state index is 0.164. The lowest BCUT2D eigenvalue weighted by atomic mass is 9.77. The highest BCUT2D eigenvalue weighted by atomic mass is 19.4. The molecule has 0 atom stereocenters. The van der Waals surface area contributed by atoms with Gasteiger partial charge in [-0.1, -0.05) is 24.3 Å². The first-order valence-corrected chi connectivity index (χ1v) is 13.4. The highest BCUT2D eigenvalue weighted by Gasteiger charge is 2.43. The molecule has 1 fully saturated rings. The summed E-state index contributed by atoms with van der Waals surface area (Å²) >= 11 is 0. The number of carboxylic acid groups (broad SMARTS) is 1. The molecule has 1 aliphatic rings. The molecule has 0 aliphatic heterocycles. The summed E-state index contributed by atoms with van der Waals surface area (Å²) in [7, 11) is 0. The SMILES string of the molecule is O=C(O)CC1CCC(c2ccc(NC(=O)CCNC(=O)c3nc(-c4ccccc4C(F)(F)F)oc3C(F)(F)F)cc2)CC1. The van der Waals surface area contributed by atoms with Crippen LogP contribution in [0.3, 0.4) is 0 Å². The summed E-state index contributed by atoms with van der Waals surface area (Å²) in [5, 5.41) is 13.7. The smallest absolute Gasteiger partial charge is 0.452 e. The molecule has 3 aromatic rings. The van der Waals surface area contributed by atoms with Crippen molar-refractivity contribution in [3.05, 3.63) is 71.1 Å². The van der Waals surface area contributed by atoms with Crippen LogP contribution >= 0.6 is 0 Å². The molecule has 2 aromatic carbocycles. The van der Waals surface area contributed by atoms with Gasteiger partial charge in [-0.25, -0.2) is 4.98 Å². The van der Waals surface area contributed by atoms with Gasteiger partial charge in [0.1, 0.15) is 0 Å². The molecule has 0 spiro atoms. The zero-order valence-corrected chi connectivity index (χ0v) is 22.5. The molecule has 0 radical (unpaired) electrons. The average molecular weight is 612 g/mol. The summed E-state index contributed by atoms with van der Waals surface area (Å²) in [6, 6.07) is 10.8. The Morgan fingerprint density at radius 1 is 0.907 bits per heavy atom. The number of hydrogen-bond donors (Lipinski definition) is 3. The number of benzene rings is 2. The lowest BCUT2D eigenvalue weighted by molar-refractivity contribution is -0.153. The lowest BCUT2D eigenvalue weighted by Gasteiger charge is -2.28. The van der Waals surface area contributed by atoms with Crippen LogP contribution in [-0.4, -0.2) is 34.4 Å². The first kappa shape index (κ1) is 31.6. The molecule has 3 N–H and O–H groups in total. The van der Waals surface area contributed by atoms with E-state index in [2.05, 4.69) is 20.0 Å². The third-order valence-corrected chi connectivity index (χ3v) is 7.18. The zero-order chi connectivity index (χ0) is 31.4. The highest BCUT2D eigenvalue weighted by Crippen LogP contribution is 2.40. The molecule has 0 saturated heterocycles. The number of anilines is 1. The Labute approximate surface area is 241 Å². The van der Waals surface area contributed by atoms with Crippen molar-refractivity contribution in [3.8, 4) is 11.5 Å². The van der Waals surface area contributed by atoms with Gasteiger partial charge in [-0.05, 0) is 67.3 Å². The largest absolute Gasteiger partial charge is 0.481 e. The van der Waals surface area contributed by atoms with E-state index in [0.717, 1.165) is 49.4 Å². The molecular formula is C29H27F6N3O5. The first-order valence-electron chi connectivity index (χ1n) is 13.4. The third-order valence-electron chi connectivity index (χ3n) is 7.18. The van der Waals surface area contributed by atoms with Gasteiger partial charge in [0.25, 0.3) is 5.91 Å². The van der Waals surface area contributed by atoms with Gasteiger partial charge in [0.2, 0.25) is 17.6 Å². The second-order valence-corrected chi connectivity index (χ2v) is 10.2. The fourth-order valence-electron chi connectivity index (χ4n) is 5.08. The summed E-state index contributed by atoms with van der Waals surface area (Å²) in [5.41, 5.74) is -1.79. The van der Waals surface area contributed by atoms with E-state index in [0.29, 0.717) is 11.8 Å². The van der Waals surface area contributed by atoms with Crippen molar-refractivity contribution in [3.63, 3.8) is 0 Å². The minimum atomic E-state index is -5.23. The quantitative estimate of drug-likeness (QED) is 0.227. The van der Waals surface area contributed by atoms with Gasteiger partial charge in [-0.2, -0.15) is 26.3 Å². The number of nitrogens with one attached hydrogen (secondary N) is 2. The molecule has 43 heavy (non-hydrogen) atoms. The number of halogens is 6. The number of aliphatic carboxylic acids is 1. The molecular weight excluding hydrogens is 584 g/mol. The number of rotatable bonds is 9. The van der Waals surface area contributed by atoms with E-state index in [4.69, 9.17) is 5.11 Å². The Kier molecular flexibility index (Phi) is 9.46. The van der Waals surface area contributed by atoms with Gasteiger partial charge < -0.3 is 20.2 Å². The molecule has 4 rings (SSSR count). The van der Waals surface area contributed by atoms with E-state index in [1.807, 2.05) is 12.1 Å². The maximum absolute atomic E-state index is 13.6. The minimum Gasteiger partial charge on any atom is -0.481 e. The average Bonchev–Trinajstić information content (AvgIpc) is 3.40. The maximum Gasteiger partial charge on any atom is 0.452 e.